The summed E-state index contributed by atoms with van der Waals surface area (Å²) in [7, 11) is -2.97. The van der Waals surface area contributed by atoms with Crippen LogP contribution >= 0.6 is 10.6 Å². The van der Waals surface area contributed by atoms with Crippen LogP contribution in [-0.2, 0) is 6.54 Å². The SMILES string of the molecule is CC1(C)Oc2ccc(C(NCc3ccccn3)C3CC3)cc2S1(O)O. The minimum absolute atomic E-state index is 0.186. The normalized spacial score (nSPS) is 22.7. The highest BCUT2D eigenvalue weighted by atomic mass is 32.3. The van der Waals surface area contributed by atoms with Gasteiger partial charge in [0.2, 0.25) is 0 Å². The molecule has 5 nitrogen and oxygen atoms in total. The highest BCUT2D eigenvalue weighted by molar-refractivity contribution is 8.25. The van der Waals surface area contributed by atoms with Crippen molar-refractivity contribution in [2.24, 2.45) is 5.92 Å². The monoisotopic (exact) mass is 360 g/mol. The van der Waals surface area contributed by atoms with Gasteiger partial charge in [-0.1, -0.05) is 12.1 Å². The van der Waals surface area contributed by atoms with E-state index in [1.54, 1.807) is 20.0 Å². The minimum atomic E-state index is -2.97. The molecule has 0 saturated heterocycles. The third-order valence-electron chi connectivity index (χ3n) is 5.00. The van der Waals surface area contributed by atoms with Gasteiger partial charge in [0.25, 0.3) is 0 Å². The van der Waals surface area contributed by atoms with Crippen LogP contribution in [0.2, 0.25) is 0 Å². The summed E-state index contributed by atoms with van der Waals surface area (Å²) in [6.45, 7) is 4.14. The maximum atomic E-state index is 10.6. The van der Waals surface area contributed by atoms with E-state index in [1.807, 2.05) is 36.4 Å². The van der Waals surface area contributed by atoms with Crippen molar-refractivity contribution in [2.75, 3.05) is 0 Å². The van der Waals surface area contributed by atoms with Crippen LogP contribution in [-0.4, -0.2) is 19.0 Å². The van der Waals surface area contributed by atoms with Crippen molar-refractivity contribution in [2.45, 2.75) is 49.1 Å². The number of pyridine rings is 1. The fourth-order valence-corrected chi connectivity index (χ4v) is 4.74. The molecule has 1 aliphatic carbocycles. The molecule has 1 unspecified atom stereocenters. The quantitative estimate of drug-likeness (QED) is 0.729. The molecule has 2 aromatic rings. The van der Waals surface area contributed by atoms with Gasteiger partial charge in [0, 0.05) is 18.8 Å². The average molecular weight is 360 g/mol. The van der Waals surface area contributed by atoms with Crippen LogP contribution in [0.25, 0.3) is 0 Å². The summed E-state index contributed by atoms with van der Waals surface area (Å²) >= 11 is 0. The van der Waals surface area contributed by atoms with Crippen molar-refractivity contribution >= 4 is 10.6 Å². The number of nitrogens with one attached hydrogen (secondary N) is 1. The van der Waals surface area contributed by atoms with Crippen LogP contribution in [0.1, 0.15) is 44.0 Å². The fraction of sp³-hybridized carbons (Fsp3) is 0.421. The highest BCUT2D eigenvalue weighted by Gasteiger charge is 2.46. The predicted octanol–water partition coefficient (Wildman–Crippen LogP) is 4.56. The Morgan fingerprint density at radius 3 is 2.76 bits per heavy atom. The summed E-state index contributed by atoms with van der Waals surface area (Å²) < 4.78 is 27.0. The van der Waals surface area contributed by atoms with Crippen LogP contribution in [0.15, 0.2) is 47.5 Å². The van der Waals surface area contributed by atoms with E-state index < -0.39 is 15.5 Å². The standard InChI is InChI=1S/C19H24N2O3S/c1-19(2)24-16-9-8-14(11-17(16)25(19,22)23)18(13-6-7-13)21-12-15-5-3-4-10-20-15/h3-5,8-11,13,18,21-23H,6-7,12H2,1-2H3. The van der Waals surface area contributed by atoms with Crippen molar-refractivity contribution < 1.29 is 13.8 Å². The van der Waals surface area contributed by atoms with Crippen molar-refractivity contribution in [1.82, 2.24) is 10.3 Å². The summed E-state index contributed by atoms with van der Waals surface area (Å²) in [4.78, 5) is 3.91. The molecule has 4 rings (SSSR count). The first-order valence-corrected chi connectivity index (χ1v) is 10.2. The van der Waals surface area contributed by atoms with E-state index in [2.05, 4.69) is 10.3 Å². The zero-order chi connectivity index (χ0) is 17.7. The lowest BCUT2D eigenvalue weighted by atomic mass is 10.0. The molecule has 0 bridgehead atoms. The zero-order valence-corrected chi connectivity index (χ0v) is 15.3. The molecule has 0 spiro atoms. The lowest BCUT2D eigenvalue weighted by Crippen LogP contribution is -2.29. The van der Waals surface area contributed by atoms with Gasteiger partial charge in [0.15, 0.2) is 4.93 Å². The summed E-state index contributed by atoms with van der Waals surface area (Å²) in [5.41, 5.74) is 2.08. The lowest BCUT2D eigenvalue weighted by Gasteiger charge is -2.38. The Kier molecular flexibility index (Phi) is 4.03. The molecule has 1 fully saturated rings. The second kappa shape index (κ2) is 5.99. The molecule has 0 radical (unpaired) electrons. The van der Waals surface area contributed by atoms with Crippen LogP contribution in [0.3, 0.4) is 0 Å². The van der Waals surface area contributed by atoms with E-state index in [0.717, 1.165) is 11.3 Å². The third kappa shape index (κ3) is 3.04. The Balaban J connectivity index is 1.60. The number of benzene rings is 1. The van der Waals surface area contributed by atoms with Crippen molar-refractivity contribution in [3.63, 3.8) is 0 Å². The van der Waals surface area contributed by atoms with E-state index in [4.69, 9.17) is 4.74 Å². The van der Waals surface area contributed by atoms with Gasteiger partial charge >= 0.3 is 0 Å². The van der Waals surface area contributed by atoms with E-state index in [9.17, 15) is 9.11 Å². The summed E-state index contributed by atoms with van der Waals surface area (Å²) in [6, 6.07) is 11.9. The third-order valence-corrected chi connectivity index (χ3v) is 7.38. The van der Waals surface area contributed by atoms with Gasteiger partial charge in [0.05, 0.1) is 5.69 Å². The fourth-order valence-electron chi connectivity index (χ4n) is 3.32. The molecule has 2 aliphatic rings. The van der Waals surface area contributed by atoms with E-state index in [1.165, 1.54) is 12.8 Å². The van der Waals surface area contributed by atoms with Crippen LogP contribution in [0, 0.1) is 5.92 Å². The molecular formula is C19H24N2O3S. The van der Waals surface area contributed by atoms with Gasteiger partial charge < -0.3 is 10.1 Å². The maximum absolute atomic E-state index is 10.6. The van der Waals surface area contributed by atoms with E-state index in [-0.39, 0.29) is 6.04 Å². The molecule has 6 heteroatoms. The van der Waals surface area contributed by atoms with Crippen molar-refractivity contribution in [3.05, 3.63) is 53.9 Å². The topological polar surface area (TPSA) is 74.6 Å². The Bertz CT molecular complexity index is 775. The predicted molar refractivity (Wildman–Crippen MR) is 98.8 cm³/mol. The molecule has 1 aromatic carbocycles. The smallest absolute Gasteiger partial charge is 0.196 e. The molecule has 25 heavy (non-hydrogen) atoms. The summed E-state index contributed by atoms with van der Waals surface area (Å²) in [5, 5.41) is 3.60. The lowest BCUT2D eigenvalue weighted by molar-refractivity contribution is 0.193. The Morgan fingerprint density at radius 2 is 2.08 bits per heavy atom. The molecule has 0 amide bonds. The number of aromatic nitrogens is 1. The number of hydrogen-bond acceptors (Lipinski definition) is 5. The molecule has 1 aromatic heterocycles. The van der Waals surface area contributed by atoms with Gasteiger partial charge in [0.1, 0.15) is 10.6 Å². The second-order valence-electron chi connectivity index (χ2n) is 7.27. The first kappa shape index (κ1) is 16.8. The van der Waals surface area contributed by atoms with Gasteiger partial charge in [-0.2, -0.15) is 0 Å². The molecule has 134 valence electrons. The first-order chi connectivity index (χ1) is 11.9. The largest absolute Gasteiger partial charge is 0.467 e. The number of hydrogen-bond donors (Lipinski definition) is 3. The van der Waals surface area contributed by atoms with Gasteiger partial charge in [-0.25, -0.2) is 0 Å². The molecule has 1 saturated carbocycles. The molecule has 1 atom stereocenters. The second-order valence-corrected chi connectivity index (χ2v) is 9.79. The van der Waals surface area contributed by atoms with Crippen molar-refractivity contribution in [1.29, 1.82) is 0 Å². The Labute approximate surface area is 149 Å². The summed E-state index contributed by atoms with van der Waals surface area (Å²) in [5.74, 6) is 1.16. The average Bonchev–Trinajstić information content (AvgIpc) is 3.38. The highest BCUT2D eigenvalue weighted by Crippen LogP contribution is 2.67. The van der Waals surface area contributed by atoms with Gasteiger partial charge in [-0.3, -0.25) is 14.1 Å². The minimum Gasteiger partial charge on any atom is -0.467 e. The van der Waals surface area contributed by atoms with E-state index >= 15 is 0 Å². The zero-order valence-electron chi connectivity index (χ0n) is 14.5. The number of fused-ring (bicyclic) bond motifs is 1. The van der Waals surface area contributed by atoms with Gasteiger partial charge in [-0.15, -0.1) is 10.6 Å². The van der Waals surface area contributed by atoms with Crippen molar-refractivity contribution in [3.8, 4) is 5.75 Å². The molecule has 2 heterocycles. The molecule has 3 N–H and O–H groups in total. The number of ether oxygens (including phenoxy) is 1. The Morgan fingerprint density at radius 1 is 1.28 bits per heavy atom. The van der Waals surface area contributed by atoms with Crippen LogP contribution in [0.4, 0.5) is 0 Å². The number of rotatable bonds is 5. The maximum Gasteiger partial charge on any atom is 0.196 e. The van der Waals surface area contributed by atoms with Gasteiger partial charge in [-0.05, 0) is 62.4 Å². The molecule has 1 aliphatic heterocycles. The first-order valence-electron chi connectivity index (χ1n) is 8.62. The summed E-state index contributed by atoms with van der Waals surface area (Å²) in [6.07, 6.45) is 4.18. The molecular weight excluding hydrogens is 336 g/mol. The van der Waals surface area contributed by atoms with E-state index in [0.29, 0.717) is 23.1 Å². The van der Waals surface area contributed by atoms with Crippen LogP contribution in [0.5, 0.6) is 5.75 Å². The van der Waals surface area contributed by atoms with Crippen LogP contribution < -0.4 is 10.1 Å². The Hall–Kier alpha value is -1.60. The number of nitrogens with zero attached hydrogens (tertiary/aromatic N) is 1.